The van der Waals surface area contributed by atoms with Crippen LogP contribution in [0.15, 0.2) is 60.9 Å². The van der Waals surface area contributed by atoms with Gasteiger partial charge in [0.05, 0.1) is 42.4 Å². The Bertz CT molecular complexity index is 1690. The topological polar surface area (TPSA) is 153 Å². The van der Waals surface area contributed by atoms with E-state index in [4.69, 9.17) is 5.73 Å². The molecule has 11 nitrogen and oxygen atoms in total. The van der Waals surface area contributed by atoms with E-state index in [9.17, 15) is 14.4 Å². The molecule has 3 amide bonds. The van der Waals surface area contributed by atoms with Gasteiger partial charge in [0.1, 0.15) is 17.7 Å². The van der Waals surface area contributed by atoms with Crippen molar-refractivity contribution >= 4 is 17.7 Å². The molecular formula is C35H42N8O3. The van der Waals surface area contributed by atoms with Gasteiger partial charge in [0.15, 0.2) is 0 Å². The van der Waals surface area contributed by atoms with Crippen LogP contribution in [-0.4, -0.2) is 72.6 Å². The molecule has 2 saturated heterocycles. The number of likely N-dealkylation sites (tertiary alicyclic amines) is 2. The second-order valence-electron chi connectivity index (χ2n) is 12.7. The lowest BCUT2D eigenvalue weighted by atomic mass is 10.0. The Hall–Kier alpha value is -4.77. The molecule has 0 bridgehead atoms. The number of carbonyl (C=O) groups is 3. The number of hydrogen-bond acceptors (Lipinski definition) is 6. The van der Waals surface area contributed by atoms with Gasteiger partial charge in [-0.3, -0.25) is 14.4 Å². The SMILES string of the molecule is CC(=O)N[C@H](C(=O)N1CCC[C@H]1c1ncc(-c2ccc(-c3ccc(-c4cnc(CN5CCC[C@@H](N)C5=O)[nH]4)cc3)cc2)[nH]1)C(C)C. The highest BCUT2D eigenvalue weighted by atomic mass is 16.2. The van der Waals surface area contributed by atoms with Crippen LogP contribution in [0.25, 0.3) is 33.6 Å². The maximum Gasteiger partial charge on any atom is 0.246 e. The molecule has 0 radical (unpaired) electrons. The third kappa shape index (κ3) is 6.60. The first-order chi connectivity index (χ1) is 22.2. The summed E-state index contributed by atoms with van der Waals surface area (Å²) >= 11 is 0. The number of imidazole rings is 2. The summed E-state index contributed by atoms with van der Waals surface area (Å²) in [6.45, 7) is 7.12. The number of nitrogens with two attached hydrogens (primary N) is 1. The zero-order valence-electron chi connectivity index (χ0n) is 26.6. The smallest absolute Gasteiger partial charge is 0.246 e. The fourth-order valence-electron chi connectivity index (χ4n) is 6.46. The summed E-state index contributed by atoms with van der Waals surface area (Å²) in [6.07, 6.45) is 6.99. The van der Waals surface area contributed by atoms with Gasteiger partial charge in [-0.2, -0.15) is 0 Å². The largest absolute Gasteiger partial charge is 0.344 e. The summed E-state index contributed by atoms with van der Waals surface area (Å²) in [4.78, 5) is 57.1. The molecule has 240 valence electrons. The Morgan fingerprint density at radius 3 is 2.11 bits per heavy atom. The number of carbonyl (C=O) groups excluding carboxylic acids is 3. The van der Waals surface area contributed by atoms with E-state index in [1.54, 1.807) is 11.1 Å². The Morgan fingerprint density at radius 2 is 1.48 bits per heavy atom. The van der Waals surface area contributed by atoms with Crippen molar-refractivity contribution in [1.82, 2.24) is 35.1 Å². The first kappa shape index (κ1) is 31.2. The van der Waals surface area contributed by atoms with Gasteiger partial charge in [-0.1, -0.05) is 62.4 Å². The van der Waals surface area contributed by atoms with Crippen LogP contribution in [0.3, 0.4) is 0 Å². The molecule has 3 atom stereocenters. The van der Waals surface area contributed by atoms with E-state index < -0.39 is 12.1 Å². The van der Waals surface area contributed by atoms with Gasteiger partial charge in [0, 0.05) is 20.0 Å². The molecule has 11 heteroatoms. The maximum absolute atomic E-state index is 13.4. The minimum atomic E-state index is -0.553. The summed E-state index contributed by atoms with van der Waals surface area (Å²) in [5.41, 5.74) is 11.9. The molecular weight excluding hydrogens is 580 g/mol. The molecule has 2 aliphatic heterocycles. The zero-order valence-corrected chi connectivity index (χ0v) is 26.6. The Labute approximate surface area is 269 Å². The number of piperidine rings is 1. The summed E-state index contributed by atoms with van der Waals surface area (Å²) in [7, 11) is 0. The van der Waals surface area contributed by atoms with E-state index >= 15 is 0 Å². The molecule has 2 aromatic carbocycles. The number of H-pyrrole nitrogens is 2. The van der Waals surface area contributed by atoms with Crippen molar-refractivity contribution in [2.45, 2.75) is 71.1 Å². The molecule has 0 unspecified atom stereocenters. The molecule has 2 aromatic heterocycles. The highest BCUT2D eigenvalue weighted by Crippen LogP contribution is 2.33. The Kier molecular flexibility index (Phi) is 9.03. The minimum absolute atomic E-state index is 0.0133. The molecule has 0 spiro atoms. The van der Waals surface area contributed by atoms with E-state index in [0.29, 0.717) is 19.6 Å². The van der Waals surface area contributed by atoms with Crippen molar-refractivity contribution in [2.75, 3.05) is 13.1 Å². The fourth-order valence-corrected chi connectivity index (χ4v) is 6.46. The van der Waals surface area contributed by atoms with Gasteiger partial charge < -0.3 is 30.8 Å². The highest BCUT2D eigenvalue weighted by Gasteiger charge is 2.37. The monoisotopic (exact) mass is 622 g/mol. The van der Waals surface area contributed by atoms with Crippen LogP contribution in [0.4, 0.5) is 0 Å². The molecule has 4 heterocycles. The minimum Gasteiger partial charge on any atom is -0.344 e. The van der Waals surface area contributed by atoms with E-state index in [1.165, 1.54) is 6.92 Å². The van der Waals surface area contributed by atoms with Crippen molar-refractivity contribution in [3.05, 3.63) is 72.6 Å². The van der Waals surface area contributed by atoms with Crippen LogP contribution in [0.5, 0.6) is 0 Å². The van der Waals surface area contributed by atoms with Gasteiger partial charge >= 0.3 is 0 Å². The molecule has 2 aliphatic rings. The van der Waals surface area contributed by atoms with Crippen molar-refractivity contribution in [3.63, 3.8) is 0 Å². The molecule has 0 saturated carbocycles. The lowest BCUT2D eigenvalue weighted by Crippen LogP contribution is -2.50. The van der Waals surface area contributed by atoms with E-state index in [0.717, 1.165) is 71.0 Å². The molecule has 46 heavy (non-hydrogen) atoms. The fraction of sp³-hybridized carbons (Fsp3) is 0.400. The highest BCUT2D eigenvalue weighted by molar-refractivity contribution is 5.87. The van der Waals surface area contributed by atoms with Crippen LogP contribution in [0.1, 0.15) is 64.1 Å². The van der Waals surface area contributed by atoms with Gasteiger partial charge in [0.25, 0.3) is 0 Å². The quantitative estimate of drug-likeness (QED) is 0.217. The number of aromatic amines is 2. The molecule has 4 aromatic rings. The van der Waals surface area contributed by atoms with Gasteiger partial charge in [0.2, 0.25) is 17.7 Å². The number of rotatable bonds is 9. The van der Waals surface area contributed by atoms with Gasteiger partial charge in [-0.15, -0.1) is 0 Å². The van der Waals surface area contributed by atoms with Crippen molar-refractivity contribution in [3.8, 4) is 33.6 Å². The van der Waals surface area contributed by atoms with E-state index in [2.05, 4.69) is 73.8 Å². The number of benzene rings is 2. The summed E-state index contributed by atoms with van der Waals surface area (Å²) < 4.78 is 0. The van der Waals surface area contributed by atoms with E-state index in [-0.39, 0.29) is 29.7 Å². The lowest BCUT2D eigenvalue weighted by Gasteiger charge is -2.30. The number of nitrogens with zero attached hydrogens (tertiary/aromatic N) is 4. The Balaban J connectivity index is 1.10. The average molecular weight is 623 g/mol. The summed E-state index contributed by atoms with van der Waals surface area (Å²) in [6, 6.07) is 15.5. The van der Waals surface area contributed by atoms with Crippen LogP contribution in [-0.2, 0) is 20.9 Å². The summed E-state index contributed by atoms with van der Waals surface area (Å²) in [5.74, 6) is 1.21. The van der Waals surface area contributed by atoms with Crippen molar-refractivity contribution in [1.29, 1.82) is 0 Å². The normalized spacial score (nSPS) is 19.1. The lowest BCUT2D eigenvalue weighted by molar-refractivity contribution is -0.138. The average Bonchev–Trinajstić information content (AvgIpc) is 3.83. The molecule has 2 fully saturated rings. The standard InChI is InChI=1S/C35H42N8O3/c1-21(2)32(39-22(3)44)35(46)43-17-5-7-30(43)33-38-19-29(41-33)26-14-10-24(11-15-26)23-8-12-25(13-9-23)28-18-37-31(40-28)20-42-16-4-6-27(36)34(42)45/h8-15,18-19,21,27,30,32H,4-7,16-17,20,36H2,1-3H3,(H,37,40)(H,38,41)(H,39,44)/t27-,30+,32+/m1/s1. The second kappa shape index (κ2) is 13.3. The first-order valence-corrected chi connectivity index (χ1v) is 16.1. The number of nitrogens with one attached hydrogen (secondary N) is 3. The molecule has 6 rings (SSSR count). The predicted molar refractivity (Wildman–Crippen MR) is 176 cm³/mol. The maximum atomic E-state index is 13.4. The zero-order chi connectivity index (χ0) is 32.4. The van der Waals surface area contributed by atoms with Gasteiger partial charge in [-0.25, -0.2) is 9.97 Å². The third-order valence-electron chi connectivity index (χ3n) is 9.00. The van der Waals surface area contributed by atoms with Crippen LogP contribution >= 0.6 is 0 Å². The first-order valence-electron chi connectivity index (χ1n) is 16.1. The third-order valence-corrected chi connectivity index (χ3v) is 9.00. The molecule has 0 aliphatic carbocycles. The number of hydrogen-bond donors (Lipinski definition) is 4. The van der Waals surface area contributed by atoms with Crippen molar-refractivity contribution < 1.29 is 14.4 Å². The van der Waals surface area contributed by atoms with E-state index in [1.807, 2.05) is 24.9 Å². The van der Waals surface area contributed by atoms with Crippen molar-refractivity contribution in [2.24, 2.45) is 11.7 Å². The Morgan fingerprint density at radius 1 is 0.891 bits per heavy atom. The molecule has 5 N–H and O–H groups in total. The van der Waals surface area contributed by atoms with Gasteiger partial charge in [-0.05, 0) is 53.9 Å². The van der Waals surface area contributed by atoms with Crippen LogP contribution in [0, 0.1) is 5.92 Å². The van der Waals surface area contributed by atoms with Crippen LogP contribution in [0.2, 0.25) is 0 Å². The van der Waals surface area contributed by atoms with Crippen LogP contribution < -0.4 is 11.1 Å². The second-order valence-corrected chi connectivity index (χ2v) is 12.7. The number of amides is 3. The summed E-state index contributed by atoms with van der Waals surface area (Å²) in [5, 5.41) is 2.83. The predicted octanol–water partition coefficient (Wildman–Crippen LogP) is 4.41. The number of aromatic nitrogens is 4.